The number of piperazine rings is 1. The molecule has 3 nitrogen and oxygen atoms in total. The molecule has 2 aliphatic rings. The van der Waals surface area contributed by atoms with E-state index in [1.54, 1.807) is 0 Å². The predicted molar refractivity (Wildman–Crippen MR) is 78.3 cm³/mol. The first-order valence-electron chi connectivity index (χ1n) is 7.44. The Bertz CT molecular complexity index is 292. The Hall–Kier alpha value is 0.0700. The summed E-state index contributed by atoms with van der Waals surface area (Å²) in [6, 6.07) is 1.31. The quantitative estimate of drug-likeness (QED) is 0.794. The van der Waals surface area contributed by atoms with E-state index in [1.807, 2.05) is 6.92 Å². The maximum absolute atomic E-state index is 11.6. The van der Waals surface area contributed by atoms with Crippen molar-refractivity contribution in [3.8, 4) is 0 Å². The fraction of sp³-hybridized carbons (Fsp3) is 1.00. The first-order chi connectivity index (χ1) is 8.61. The van der Waals surface area contributed by atoms with Crippen LogP contribution in [0.25, 0.3) is 0 Å². The van der Waals surface area contributed by atoms with E-state index in [4.69, 9.17) is 0 Å². The van der Waals surface area contributed by atoms with Crippen molar-refractivity contribution in [3.05, 3.63) is 0 Å². The van der Waals surface area contributed by atoms with E-state index in [2.05, 4.69) is 24.1 Å². The highest BCUT2D eigenvalue weighted by atomic mass is 32.2. The molecule has 18 heavy (non-hydrogen) atoms. The Morgan fingerprint density at radius 2 is 2.11 bits per heavy atom. The van der Waals surface area contributed by atoms with Crippen LogP contribution in [-0.4, -0.2) is 52.3 Å². The average molecular weight is 272 g/mol. The molecule has 0 bridgehead atoms. The van der Waals surface area contributed by atoms with Crippen molar-refractivity contribution >= 4 is 10.8 Å². The molecule has 0 aromatic rings. The van der Waals surface area contributed by atoms with E-state index < -0.39 is 10.8 Å². The maximum Gasteiger partial charge on any atom is 0.0362 e. The van der Waals surface area contributed by atoms with E-state index in [-0.39, 0.29) is 0 Å². The van der Waals surface area contributed by atoms with Gasteiger partial charge in [-0.1, -0.05) is 20.8 Å². The third kappa shape index (κ3) is 3.78. The largest absolute Gasteiger partial charge is 0.311 e. The SMILES string of the molecule is CCS(=O)CCN1CC(C2CC2)NCC1C(C)C. The first kappa shape index (κ1) is 14.5. The second-order valence-corrected chi connectivity index (χ2v) is 7.96. The van der Waals surface area contributed by atoms with E-state index in [0.29, 0.717) is 18.0 Å². The maximum atomic E-state index is 11.6. The van der Waals surface area contributed by atoms with Crippen molar-refractivity contribution in [1.29, 1.82) is 0 Å². The lowest BCUT2D eigenvalue weighted by molar-refractivity contribution is 0.0990. The average Bonchev–Trinajstić information content (AvgIpc) is 3.19. The standard InChI is InChI=1S/C14H28N2OS/c1-4-18(17)8-7-16-10-13(12-5-6-12)15-9-14(16)11(2)3/h11-15H,4-10H2,1-3H3. The van der Waals surface area contributed by atoms with Crippen molar-refractivity contribution in [2.75, 3.05) is 31.1 Å². The molecule has 2 rings (SSSR count). The fourth-order valence-corrected chi connectivity index (χ4v) is 3.67. The van der Waals surface area contributed by atoms with Crippen LogP contribution in [0.2, 0.25) is 0 Å². The molecule has 2 fully saturated rings. The summed E-state index contributed by atoms with van der Waals surface area (Å²) in [6.45, 7) is 9.89. The Morgan fingerprint density at radius 1 is 1.39 bits per heavy atom. The zero-order chi connectivity index (χ0) is 13.1. The summed E-state index contributed by atoms with van der Waals surface area (Å²) in [5.41, 5.74) is 0. The summed E-state index contributed by atoms with van der Waals surface area (Å²) in [5.74, 6) is 3.23. The molecule has 0 amide bonds. The molecule has 106 valence electrons. The molecular formula is C14H28N2OS. The monoisotopic (exact) mass is 272 g/mol. The fourth-order valence-electron chi connectivity index (χ4n) is 2.95. The lowest BCUT2D eigenvalue weighted by atomic mass is 9.97. The van der Waals surface area contributed by atoms with Crippen LogP contribution in [0.5, 0.6) is 0 Å². The minimum atomic E-state index is -0.625. The van der Waals surface area contributed by atoms with E-state index >= 15 is 0 Å². The van der Waals surface area contributed by atoms with Crippen molar-refractivity contribution in [1.82, 2.24) is 10.2 Å². The van der Waals surface area contributed by atoms with Crippen molar-refractivity contribution < 1.29 is 4.21 Å². The minimum absolute atomic E-state index is 0.619. The molecule has 1 aliphatic heterocycles. The highest BCUT2D eigenvalue weighted by Gasteiger charge is 2.37. The van der Waals surface area contributed by atoms with Gasteiger partial charge in [0.25, 0.3) is 0 Å². The van der Waals surface area contributed by atoms with Crippen molar-refractivity contribution in [2.24, 2.45) is 11.8 Å². The minimum Gasteiger partial charge on any atom is -0.311 e. The molecule has 1 saturated heterocycles. The van der Waals surface area contributed by atoms with Crippen LogP contribution in [0, 0.1) is 11.8 Å². The molecule has 3 unspecified atom stereocenters. The van der Waals surface area contributed by atoms with E-state index in [0.717, 1.165) is 37.1 Å². The molecule has 1 aliphatic carbocycles. The number of nitrogens with zero attached hydrogens (tertiary/aromatic N) is 1. The first-order valence-corrected chi connectivity index (χ1v) is 8.93. The Balaban J connectivity index is 1.89. The molecule has 1 saturated carbocycles. The van der Waals surface area contributed by atoms with Crippen LogP contribution in [-0.2, 0) is 10.8 Å². The van der Waals surface area contributed by atoms with Crippen LogP contribution in [0.15, 0.2) is 0 Å². The van der Waals surface area contributed by atoms with Gasteiger partial charge >= 0.3 is 0 Å². The Labute approximate surface area is 114 Å². The van der Waals surface area contributed by atoms with Gasteiger partial charge in [-0.05, 0) is 24.7 Å². The van der Waals surface area contributed by atoms with Crippen LogP contribution in [0.1, 0.15) is 33.6 Å². The summed E-state index contributed by atoms with van der Waals surface area (Å²) < 4.78 is 11.6. The number of rotatable bonds is 6. The topological polar surface area (TPSA) is 32.3 Å². The van der Waals surface area contributed by atoms with Gasteiger partial charge in [0, 0.05) is 54.0 Å². The zero-order valence-corrected chi connectivity index (χ0v) is 12.8. The summed E-state index contributed by atoms with van der Waals surface area (Å²) in [5, 5.41) is 3.73. The molecule has 0 radical (unpaired) electrons. The molecule has 1 N–H and O–H groups in total. The second-order valence-electron chi connectivity index (χ2n) is 6.09. The lowest BCUT2D eigenvalue weighted by Gasteiger charge is -2.42. The van der Waals surface area contributed by atoms with Gasteiger partial charge in [-0.2, -0.15) is 0 Å². The third-order valence-corrected chi connectivity index (χ3v) is 5.66. The second kappa shape index (κ2) is 6.49. The lowest BCUT2D eigenvalue weighted by Crippen LogP contribution is -2.59. The molecule has 3 atom stereocenters. The summed E-state index contributed by atoms with van der Waals surface area (Å²) >= 11 is 0. The molecule has 4 heteroatoms. The smallest absolute Gasteiger partial charge is 0.0362 e. The highest BCUT2D eigenvalue weighted by molar-refractivity contribution is 7.84. The van der Waals surface area contributed by atoms with Crippen LogP contribution in [0.4, 0.5) is 0 Å². The van der Waals surface area contributed by atoms with Gasteiger partial charge in [-0.15, -0.1) is 0 Å². The number of hydrogen-bond donors (Lipinski definition) is 1. The Kier molecular flexibility index (Phi) is 5.22. The van der Waals surface area contributed by atoms with Gasteiger partial charge in [0.05, 0.1) is 0 Å². The van der Waals surface area contributed by atoms with Gasteiger partial charge in [0.2, 0.25) is 0 Å². The molecule has 0 aromatic heterocycles. The molecular weight excluding hydrogens is 244 g/mol. The molecule has 0 spiro atoms. The predicted octanol–water partition coefficient (Wildman–Crippen LogP) is 1.46. The van der Waals surface area contributed by atoms with Crippen LogP contribution >= 0.6 is 0 Å². The highest BCUT2D eigenvalue weighted by Crippen LogP contribution is 2.34. The van der Waals surface area contributed by atoms with Crippen molar-refractivity contribution in [3.63, 3.8) is 0 Å². The molecule has 0 aromatic carbocycles. The van der Waals surface area contributed by atoms with E-state index in [1.165, 1.54) is 12.8 Å². The zero-order valence-electron chi connectivity index (χ0n) is 12.0. The summed E-state index contributed by atoms with van der Waals surface area (Å²) in [4.78, 5) is 2.59. The molecule has 1 heterocycles. The van der Waals surface area contributed by atoms with Gasteiger partial charge in [-0.25, -0.2) is 0 Å². The van der Waals surface area contributed by atoms with Crippen LogP contribution in [0.3, 0.4) is 0 Å². The van der Waals surface area contributed by atoms with E-state index in [9.17, 15) is 4.21 Å². The normalized spacial score (nSPS) is 31.8. The number of nitrogens with one attached hydrogen (secondary N) is 1. The van der Waals surface area contributed by atoms with Gasteiger partial charge in [0.15, 0.2) is 0 Å². The van der Waals surface area contributed by atoms with Gasteiger partial charge in [0.1, 0.15) is 0 Å². The third-order valence-electron chi connectivity index (χ3n) is 4.38. The number of hydrogen-bond acceptors (Lipinski definition) is 3. The summed E-state index contributed by atoms with van der Waals surface area (Å²) in [7, 11) is -0.625. The van der Waals surface area contributed by atoms with Gasteiger partial charge in [-0.3, -0.25) is 9.11 Å². The summed E-state index contributed by atoms with van der Waals surface area (Å²) in [6.07, 6.45) is 2.80. The van der Waals surface area contributed by atoms with Crippen LogP contribution < -0.4 is 5.32 Å². The van der Waals surface area contributed by atoms with Crippen molar-refractivity contribution in [2.45, 2.75) is 45.7 Å². The van der Waals surface area contributed by atoms with Gasteiger partial charge < -0.3 is 5.32 Å². The Morgan fingerprint density at radius 3 is 2.67 bits per heavy atom.